The molecular weight excluding hydrogens is 608 g/mol. The molecule has 0 amide bonds. The second kappa shape index (κ2) is 17.8. The molecule has 3 heterocycles. The van der Waals surface area contributed by atoms with Crippen molar-refractivity contribution in [2.24, 2.45) is 23.3 Å². The summed E-state index contributed by atoms with van der Waals surface area (Å²) >= 11 is 0. The number of nitrogens with zero attached hydrogens (tertiary/aromatic N) is 7. The molecule has 0 aliphatic carbocycles. The van der Waals surface area contributed by atoms with E-state index in [0.717, 1.165) is 63.8 Å². The van der Waals surface area contributed by atoms with Crippen molar-refractivity contribution < 1.29 is 0 Å². The van der Waals surface area contributed by atoms with Crippen LogP contribution in [0.3, 0.4) is 0 Å². The number of nitrogens with one attached hydrogen (secondary N) is 1. The minimum atomic E-state index is 0.00741. The van der Waals surface area contributed by atoms with Gasteiger partial charge < -0.3 is 26.6 Å². The van der Waals surface area contributed by atoms with Crippen molar-refractivity contribution in [1.82, 2.24) is 30.1 Å². The fraction of sp³-hybridized carbons (Fsp3) is 0.923. The highest BCUT2D eigenvalue weighted by Gasteiger charge is 2.57. The number of aromatic nitrogens is 3. The SMILES string of the molecule is CCCCC1C(N(c2ncnc(N(CCCN)CCNCCCN)n2)C2CC(C)(C)N(C)C(C)(C)C2CCCC)CC(C)(C)N(C)C1(C)C. The summed E-state index contributed by atoms with van der Waals surface area (Å²) in [5.41, 5.74) is 11.8. The predicted octanol–water partition coefficient (Wildman–Crippen LogP) is 5.91. The van der Waals surface area contributed by atoms with Gasteiger partial charge in [0.05, 0.1) is 0 Å². The smallest absolute Gasteiger partial charge is 0.230 e. The van der Waals surface area contributed by atoms with Crippen LogP contribution in [0.1, 0.15) is 133 Å². The van der Waals surface area contributed by atoms with Crippen LogP contribution in [-0.2, 0) is 0 Å². The summed E-state index contributed by atoms with van der Waals surface area (Å²) < 4.78 is 0. The van der Waals surface area contributed by atoms with E-state index in [1.165, 1.54) is 38.5 Å². The van der Waals surface area contributed by atoms with Crippen LogP contribution in [0.2, 0.25) is 0 Å². The average molecular weight is 687 g/mol. The molecule has 2 aliphatic rings. The highest BCUT2D eigenvalue weighted by molar-refractivity contribution is 5.42. The van der Waals surface area contributed by atoms with E-state index in [-0.39, 0.29) is 22.2 Å². The lowest BCUT2D eigenvalue weighted by Gasteiger charge is -2.64. The molecule has 1 aromatic heterocycles. The zero-order chi connectivity index (χ0) is 36.6. The standard InChI is InChI=1S/C39H78N10/c1-13-15-19-30-32(27-36(3,4)46(11)38(30,7)8)49(33-28-37(5,6)47(12)39(9,10)31(33)20-16-14-2)35-44-29-43-34(45-35)48(25-18-22-41)26-24-42-23-17-21-40/h29-33,42H,13-28,40-41H2,1-12H3. The van der Waals surface area contributed by atoms with Crippen LogP contribution in [0.4, 0.5) is 11.9 Å². The molecule has 1 aromatic rings. The summed E-state index contributed by atoms with van der Waals surface area (Å²) in [5, 5.41) is 3.55. The van der Waals surface area contributed by atoms with Crippen LogP contribution in [0.5, 0.6) is 0 Å². The predicted molar refractivity (Wildman–Crippen MR) is 209 cm³/mol. The number of piperidine rings is 2. The Labute approximate surface area is 301 Å². The molecule has 0 saturated carbocycles. The Morgan fingerprint density at radius 1 is 0.714 bits per heavy atom. The molecule has 4 atom stereocenters. The topological polar surface area (TPSA) is 116 Å². The van der Waals surface area contributed by atoms with E-state index in [4.69, 9.17) is 26.4 Å². The largest absolute Gasteiger partial charge is 0.339 e. The van der Waals surface area contributed by atoms with Crippen molar-refractivity contribution in [2.45, 2.75) is 168 Å². The third kappa shape index (κ3) is 9.65. The quantitative estimate of drug-likeness (QED) is 0.152. The molecule has 284 valence electrons. The number of hydrogen-bond acceptors (Lipinski definition) is 10. The Balaban J connectivity index is 2.25. The van der Waals surface area contributed by atoms with Crippen molar-refractivity contribution in [3.05, 3.63) is 6.33 Å². The molecule has 5 N–H and O–H groups in total. The summed E-state index contributed by atoms with van der Waals surface area (Å²) in [6, 6.07) is 0.588. The van der Waals surface area contributed by atoms with Crippen LogP contribution >= 0.6 is 0 Å². The number of rotatable bonds is 19. The molecule has 4 unspecified atom stereocenters. The zero-order valence-corrected chi connectivity index (χ0v) is 34.0. The maximum atomic E-state index is 6.03. The first-order chi connectivity index (χ1) is 23.0. The lowest BCUT2D eigenvalue weighted by atomic mass is 9.64. The van der Waals surface area contributed by atoms with E-state index in [1.807, 2.05) is 0 Å². The summed E-state index contributed by atoms with van der Waals surface area (Å²) in [4.78, 5) is 25.8. The number of likely N-dealkylation sites (tertiary alicyclic amines) is 2. The van der Waals surface area contributed by atoms with Crippen molar-refractivity contribution >= 4 is 11.9 Å². The highest BCUT2D eigenvalue weighted by atomic mass is 15.4. The Hall–Kier alpha value is -1.59. The second-order valence-corrected chi connectivity index (χ2v) is 17.6. The molecule has 0 radical (unpaired) electrons. The minimum absolute atomic E-state index is 0.00741. The third-order valence-electron chi connectivity index (χ3n) is 13.0. The Morgan fingerprint density at radius 3 is 1.67 bits per heavy atom. The monoisotopic (exact) mass is 687 g/mol. The summed E-state index contributed by atoms with van der Waals surface area (Å²) in [7, 11) is 4.70. The maximum absolute atomic E-state index is 6.03. The number of nitrogens with two attached hydrogens (primary N) is 2. The van der Waals surface area contributed by atoms with E-state index in [9.17, 15) is 0 Å². The summed E-state index contributed by atoms with van der Waals surface area (Å²) in [6.45, 7) is 29.1. The van der Waals surface area contributed by atoms with Gasteiger partial charge in [-0.05, 0) is 139 Å². The van der Waals surface area contributed by atoms with Gasteiger partial charge in [0, 0.05) is 53.9 Å². The van der Waals surface area contributed by atoms with E-state index in [1.54, 1.807) is 6.33 Å². The Bertz CT molecular complexity index is 1070. The van der Waals surface area contributed by atoms with Crippen LogP contribution in [0.15, 0.2) is 6.33 Å². The molecule has 0 bridgehead atoms. The first kappa shape index (κ1) is 41.8. The van der Waals surface area contributed by atoms with Crippen molar-refractivity contribution in [1.29, 1.82) is 0 Å². The maximum Gasteiger partial charge on any atom is 0.230 e. The molecule has 2 aliphatic heterocycles. The van der Waals surface area contributed by atoms with E-state index in [2.05, 4.69) is 108 Å². The molecule has 3 rings (SSSR count). The van der Waals surface area contributed by atoms with Gasteiger partial charge in [0.15, 0.2) is 0 Å². The Morgan fingerprint density at radius 2 is 1.20 bits per heavy atom. The van der Waals surface area contributed by atoms with Gasteiger partial charge in [0.1, 0.15) is 6.33 Å². The zero-order valence-electron chi connectivity index (χ0n) is 34.0. The van der Waals surface area contributed by atoms with Gasteiger partial charge in [-0.2, -0.15) is 4.98 Å². The second-order valence-electron chi connectivity index (χ2n) is 17.6. The van der Waals surface area contributed by atoms with Gasteiger partial charge in [-0.15, -0.1) is 0 Å². The first-order valence-electron chi connectivity index (χ1n) is 19.8. The summed E-state index contributed by atoms with van der Waals surface area (Å²) in [5.74, 6) is 2.54. The normalized spacial score (nSPS) is 26.5. The van der Waals surface area contributed by atoms with E-state index < -0.39 is 0 Å². The molecule has 2 fully saturated rings. The van der Waals surface area contributed by atoms with Gasteiger partial charge in [-0.3, -0.25) is 9.80 Å². The van der Waals surface area contributed by atoms with E-state index >= 15 is 0 Å². The molecule has 0 aromatic carbocycles. The van der Waals surface area contributed by atoms with E-state index in [0.29, 0.717) is 37.0 Å². The van der Waals surface area contributed by atoms with Crippen LogP contribution < -0.4 is 26.6 Å². The Kier molecular flexibility index (Phi) is 15.2. The lowest BCUT2D eigenvalue weighted by Crippen LogP contribution is -2.73. The van der Waals surface area contributed by atoms with Crippen LogP contribution in [0, 0.1) is 11.8 Å². The summed E-state index contributed by atoms with van der Waals surface area (Å²) in [6.07, 6.45) is 13.0. The van der Waals surface area contributed by atoms with Gasteiger partial charge in [0.25, 0.3) is 0 Å². The fourth-order valence-electron chi connectivity index (χ4n) is 9.36. The van der Waals surface area contributed by atoms with Crippen molar-refractivity contribution in [3.63, 3.8) is 0 Å². The van der Waals surface area contributed by atoms with Gasteiger partial charge in [-0.25, -0.2) is 9.97 Å². The highest BCUT2D eigenvalue weighted by Crippen LogP contribution is 2.51. The van der Waals surface area contributed by atoms with Crippen molar-refractivity contribution in [2.75, 3.05) is 63.2 Å². The molecule has 10 nitrogen and oxygen atoms in total. The molecule has 10 heteroatoms. The molecule has 49 heavy (non-hydrogen) atoms. The van der Waals surface area contributed by atoms with Crippen LogP contribution in [0.25, 0.3) is 0 Å². The third-order valence-corrected chi connectivity index (χ3v) is 13.0. The van der Waals surface area contributed by atoms with Gasteiger partial charge >= 0.3 is 0 Å². The molecular formula is C39H78N10. The lowest BCUT2D eigenvalue weighted by molar-refractivity contribution is -0.0822. The minimum Gasteiger partial charge on any atom is -0.339 e. The number of anilines is 2. The van der Waals surface area contributed by atoms with Gasteiger partial charge in [0.2, 0.25) is 11.9 Å². The van der Waals surface area contributed by atoms with Crippen LogP contribution in [-0.4, -0.2) is 112 Å². The average Bonchev–Trinajstić information content (AvgIpc) is 3.04. The molecule has 0 spiro atoms. The number of unbranched alkanes of at least 4 members (excludes halogenated alkanes) is 2. The fourth-order valence-corrected chi connectivity index (χ4v) is 9.36. The van der Waals surface area contributed by atoms with Crippen molar-refractivity contribution in [3.8, 4) is 0 Å². The molecule has 2 saturated heterocycles. The van der Waals surface area contributed by atoms with Gasteiger partial charge in [-0.1, -0.05) is 39.5 Å². The number of hydrogen-bond donors (Lipinski definition) is 3. The first-order valence-corrected chi connectivity index (χ1v) is 19.8.